The molecule has 234 valence electrons. The van der Waals surface area contributed by atoms with Crippen molar-refractivity contribution in [3.63, 3.8) is 0 Å². The molecule has 0 spiro atoms. The summed E-state index contributed by atoms with van der Waals surface area (Å²) in [5.41, 5.74) is 0.752. The quantitative estimate of drug-likeness (QED) is 0.313. The van der Waals surface area contributed by atoms with Crippen LogP contribution in [0, 0.1) is 10.8 Å². The van der Waals surface area contributed by atoms with E-state index in [1.165, 1.54) is 0 Å². The number of benzene rings is 1. The van der Waals surface area contributed by atoms with Gasteiger partial charge in [-0.15, -0.1) is 0 Å². The summed E-state index contributed by atoms with van der Waals surface area (Å²) in [6.45, 7) is 6.80. The molecule has 44 heavy (non-hydrogen) atoms. The van der Waals surface area contributed by atoms with E-state index >= 15 is 0 Å². The largest absolute Gasteiger partial charge is 0.339 e. The Morgan fingerprint density at radius 3 is 2.18 bits per heavy atom. The molecule has 1 amide bonds. The number of rotatable bonds is 8. The molecule has 11 heteroatoms. The van der Waals surface area contributed by atoms with Gasteiger partial charge in [0.1, 0.15) is 5.67 Å². The lowest BCUT2D eigenvalue weighted by Crippen LogP contribution is -2.71. The first-order chi connectivity index (χ1) is 20.6. The van der Waals surface area contributed by atoms with Gasteiger partial charge >= 0.3 is 0 Å². The highest BCUT2D eigenvalue weighted by molar-refractivity contribution is 7.92. The molecule has 2 aromatic heterocycles. The number of hydrogen-bond acceptors (Lipinski definition) is 7. The van der Waals surface area contributed by atoms with Crippen molar-refractivity contribution in [3.8, 4) is 11.1 Å². The number of nitrogens with zero attached hydrogens (tertiary/aromatic N) is 4. The topological polar surface area (TPSA) is 118 Å². The summed E-state index contributed by atoms with van der Waals surface area (Å²) in [5, 5.41) is 4.43. The number of fused-ring (bicyclic) bond motifs is 3. The molecule has 0 atom stereocenters. The van der Waals surface area contributed by atoms with Gasteiger partial charge in [-0.3, -0.25) is 14.5 Å². The third kappa shape index (κ3) is 5.01. The molecule has 2 heterocycles. The Morgan fingerprint density at radius 1 is 1.00 bits per heavy atom. The number of anilines is 2. The third-order valence-electron chi connectivity index (χ3n) is 10.7. The number of pyridine rings is 1. The molecule has 1 aromatic carbocycles. The highest BCUT2D eigenvalue weighted by Crippen LogP contribution is 2.70. The first-order valence-electron chi connectivity index (χ1n) is 15.5. The van der Waals surface area contributed by atoms with Gasteiger partial charge in [0.05, 0.1) is 23.6 Å². The average Bonchev–Trinajstić information content (AvgIpc) is 3.47. The predicted molar refractivity (Wildman–Crippen MR) is 165 cm³/mol. The first-order valence-corrected chi connectivity index (χ1v) is 17.4. The van der Waals surface area contributed by atoms with Crippen molar-refractivity contribution in [2.45, 2.75) is 95.1 Å². The maximum Gasteiger partial charge on any atom is 0.233 e. The summed E-state index contributed by atoms with van der Waals surface area (Å²) in [6, 6.07) is 9.05. The van der Waals surface area contributed by atoms with Crippen molar-refractivity contribution in [2.75, 3.05) is 22.4 Å². The SMILES string of the molecule is CC(C)(C)c1nc(C23CCC(CN(C(=O)C45CC(F)(C4)C5)c4cncc(-c5ccc(NS(C)(=O)=O)cc5)c4)(CC2)CC3)no1. The molecule has 6 saturated carbocycles. The van der Waals surface area contributed by atoms with Gasteiger partial charge in [-0.05, 0) is 87.0 Å². The second kappa shape index (κ2) is 9.58. The summed E-state index contributed by atoms with van der Waals surface area (Å²) < 4.78 is 46.0. The van der Waals surface area contributed by atoms with E-state index in [0.29, 0.717) is 43.1 Å². The molecular formula is C33H40FN5O4S. The minimum absolute atomic E-state index is 0.00782. The third-order valence-corrected chi connectivity index (χ3v) is 11.3. The summed E-state index contributed by atoms with van der Waals surface area (Å²) in [5.74, 6) is 1.49. The number of nitrogens with one attached hydrogen (secondary N) is 1. The number of amides is 1. The lowest BCUT2D eigenvalue weighted by Gasteiger charge is -2.65. The highest BCUT2D eigenvalue weighted by atomic mass is 32.2. The molecule has 6 aliphatic rings. The van der Waals surface area contributed by atoms with Crippen molar-refractivity contribution < 1.29 is 22.1 Å². The van der Waals surface area contributed by atoms with Crippen LogP contribution in [-0.4, -0.2) is 47.9 Å². The number of carbonyl (C=O) groups is 1. The summed E-state index contributed by atoms with van der Waals surface area (Å²) in [6.07, 6.45) is 11.2. The van der Waals surface area contributed by atoms with Gasteiger partial charge in [0.25, 0.3) is 0 Å². The Labute approximate surface area is 258 Å². The van der Waals surface area contributed by atoms with E-state index in [-0.39, 0.29) is 22.2 Å². The van der Waals surface area contributed by atoms with Crippen LogP contribution in [0.5, 0.6) is 0 Å². The Kier molecular flexibility index (Phi) is 6.40. The van der Waals surface area contributed by atoms with Crippen LogP contribution in [0.25, 0.3) is 11.1 Å². The molecule has 1 N–H and O–H groups in total. The summed E-state index contributed by atoms with van der Waals surface area (Å²) in [4.78, 5) is 25.5. The van der Waals surface area contributed by atoms with Gasteiger partial charge in [-0.2, -0.15) is 4.98 Å². The van der Waals surface area contributed by atoms with E-state index in [9.17, 15) is 17.6 Å². The molecular weight excluding hydrogens is 581 g/mol. The lowest BCUT2D eigenvalue weighted by molar-refractivity contribution is -0.211. The van der Waals surface area contributed by atoms with Crippen molar-refractivity contribution in [3.05, 3.63) is 54.4 Å². The minimum atomic E-state index is -3.38. The van der Waals surface area contributed by atoms with E-state index in [0.717, 1.165) is 61.7 Å². The van der Waals surface area contributed by atoms with E-state index in [2.05, 4.69) is 35.6 Å². The van der Waals surface area contributed by atoms with Crippen molar-refractivity contribution >= 4 is 27.3 Å². The van der Waals surface area contributed by atoms with E-state index in [4.69, 9.17) is 9.51 Å². The molecule has 9 rings (SSSR count). The van der Waals surface area contributed by atoms with Crippen LogP contribution >= 0.6 is 0 Å². The molecule has 0 aliphatic heterocycles. The van der Waals surface area contributed by atoms with Crippen LogP contribution in [0.15, 0.2) is 47.2 Å². The first kappa shape index (κ1) is 29.4. The van der Waals surface area contributed by atoms with Gasteiger partial charge in [0.15, 0.2) is 5.82 Å². The molecule has 9 nitrogen and oxygen atoms in total. The monoisotopic (exact) mass is 621 g/mol. The van der Waals surface area contributed by atoms with Gasteiger partial charge in [-0.25, -0.2) is 12.8 Å². The maximum absolute atomic E-state index is 14.6. The fourth-order valence-corrected chi connectivity index (χ4v) is 8.61. The number of hydrogen-bond donors (Lipinski definition) is 1. The van der Waals surface area contributed by atoms with Crippen LogP contribution in [0.1, 0.15) is 90.3 Å². The molecule has 3 aromatic rings. The smallest absolute Gasteiger partial charge is 0.233 e. The fourth-order valence-electron chi connectivity index (χ4n) is 8.05. The predicted octanol–water partition coefficient (Wildman–Crippen LogP) is 6.32. The Hall–Kier alpha value is -3.34. The van der Waals surface area contributed by atoms with Crippen molar-refractivity contribution in [1.82, 2.24) is 15.1 Å². The van der Waals surface area contributed by atoms with Gasteiger partial charge in [0.2, 0.25) is 21.8 Å². The van der Waals surface area contributed by atoms with E-state index in [1.807, 2.05) is 23.1 Å². The Bertz CT molecular complexity index is 1680. The van der Waals surface area contributed by atoms with Crippen LogP contribution in [0.2, 0.25) is 0 Å². The molecule has 0 unspecified atom stereocenters. The van der Waals surface area contributed by atoms with Crippen LogP contribution in [0.4, 0.5) is 15.8 Å². The number of halogens is 1. The zero-order valence-electron chi connectivity index (χ0n) is 25.8. The van der Waals surface area contributed by atoms with Gasteiger partial charge < -0.3 is 9.42 Å². The fraction of sp³-hybridized carbons (Fsp3) is 0.576. The molecule has 6 aliphatic carbocycles. The average molecular weight is 622 g/mol. The number of alkyl halides is 1. The molecule has 6 fully saturated rings. The summed E-state index contributed by atoms with van der Waals surface area (Å²) in [7, 11) is -3.38. The minimum Gasteiger partial charge on any atom is -0.339 e. The van der Waals surface area contributed by atoms with Crippen LogP contribution in [0.3, 0.4) is 0 Å². The van der Waals surface area contributed by atoms with Gasteiger partial charge in [0, 0.05) is 34.8 Å². The van der Waals surface area contributed by atoms with Crippen molar-refractivity contribution in [2.24, 2.45) is 10.8 Å². The Morgan fingerprint density at radius 2 is 1.64 bits per heavy atom. The number of sulfonamides is 1. The number of carbonyl (C=O) groups excluding carboxylic acids is 1. The molecule has 0 radical (unpaired) electrons. The standard InChI is InChI=1S/C33H40FN5O4S/c1-29(2,3)27-36-26(37-43-27)31-12-9-30(10-13-31,11-14-31)21-39(28(40)32-18-33(34,19-32)20-32)25-15-23(16-35-17-25)22-5-7-24(8-6-22)38-44(4,41)42/h5-8,15-17,38H,9-14,18-21H2,1-4H3. The van der Waals surface area contributed by atoms with Crippen LogP contribution in [-0.2, 0) is 25.6 Å². The number of aromatic nitrogens is 3. The lowest BCUT2D eigenvalue weighted by atomic mass is 9.41. The van der Waals surface area contributed by atoms with E-state index in [1.54, 1.807) is 24.5 Å². The molecule has 0 saturated heterocycles. The van der Waals surface area contributed by atoms with Crippen molar-refractivity contribution in [1.29, 1.82) is 0 Å². The zero-order valence-corrected chi connectivity index (χ0v) is 26.6. The highest BCUT2D eigenvalue weighted by Gasteiger charge is 2.73. The van der Waals surface area contributed by atoms with E-state index < -0.39 is 21.1 Å². The second-order valence-electron chi connectivity index (χ2n) is 15.2. The maximum atomic E-state index is 14.6. The van der Waals surface area contributed by atoms with Gasteiger partial charge in [-0.1, -0.05) is 38.1 Å². The summed E-state index contributed by atoms with van der Waals surface area (Å²) >= 11 is 0. The zero-order chi connectivity index (χ0) is 31.2. The Balaban J connectivity index is 1.14. The molecule has 4 bridgehead atoms. The normalized spacial score (nSPS) is 30.8. The van der Waals surface area contributed by atoms with Crippen LogP contribution < -0.4 is 9.62 Å². The second-order valence-corrected chi connectivity index (χ2v) is 16.9.